The summed E-state index contributed by atoms with van der Waals surface area (Å²) in [6.07, 6.45) is 5.64. The Balaban J connectivity index is 1.93. The number of nitrogens with one attached hydrogen (secondary N) is 1. The van der Waals surface area contributed by atoms with Gasteiger partial charge in [0.05, 0.1) is 4.92 Å². The van der Waals surface area contributed by atoms with Gasteiger partial charge in [0.2, 0.25) is 0 Å². The second kappa shape index (κ2) is 5.90. The first-order chi connectivity index (χ1) is 9.16. The molecule has 1 N–H and O–H groups in total. The van der Waals surface area contributed by atoms with Crippen molar-refractivity contribution in [2.24, 2.45) is 0 Å². The molecule has 0 aliphatic carbocycles. The number of aryl methyl sites for hydroxylation is 1. The third-order valence-corrected chi connectivity index (χ3v) is 2.75. The molecular formula is C13H14N4O2. The van der Waals surface area contributed by atoms with Gasteiger partial charge in [-0.1, -0.05) is 0 Å². The Kier molecular flexibility index (Phi) is 4.02. The van der Waals surface area contributed by atoms with Crippen LogP contribution in [0.3, 0.4) is 0 Å². The van der Waals surface area contributed by atoms with Crippen molar-refractivity contribution in [2.75, 3.05) is 11.9 Å². The first-order valence-corrected chi connectivity index (χ1v) is 5.90. The van der Waals surface area contributed by atoms with Gasteiger partial charge < -0.3 is 5.32 Å². The SMILES string of the molecule is Cc1cc(NCCc2ccncc2)ncc1[N+](=O)[O-]. The fourth-order valence-corrected chi connectivity index (χ4v) is 1.72. The molecule has 0 aliphatic rings. The average Bonchev–Trinajstić information content (AvgIpc) is 2.39. The molecule has 2 heterocycles. The average molecular weight is 258 g/mol. The molecule has 2 rings (SSSR count). The summed E-state index contributed by atoms with van der Waals surface area (Å²) in [7, 11) is 0. The van der Waals surface area contributed by atoms with Crippen LogP contribution >= 0.6 is 0 Å². The van der Waals surface area contributed by atoms with Crippen LogP contribution in [0.1, 0.15) is 11.1 Å². The van der Waals surface area contributed by atoms with Gasteiger partial charge >= 0.3 is 0 Å². The maximum atomic E-state index is 10.7. The van der Waals surface area contributed by atoms with Crippen molar-refractivity contribution in [3.8, 4) is 0 Å². The quantitative estimate of drug-likeness (QED) is 0.657. The highest BCUT2D eigenvalue weighted by atomic mass is 16.6. The van der Waals surface area contributed by atoms with Gasteiger partial charge in [-0.25, -0.2) is 4.98 Å². The van der Waals surface area contributed by atoms with Crippen molar-refractivity contribution >= 4 is 11.5 Å². The van der Waals surface area contributed by atoms with Gasteiger partial charge in [-0.05, 0) is 37.1 Å². The molecule has 0 spiro atoms. The molecular weight excluding hydrogens is 244 g/mol. The van der Waals surface area contributed by atoms with E-state index < -0.39 is 4.92 Å². The standard InChI is InChI=1S/C13H14N4O2/c1-10-8-13(16-9-12(10)17(18)19)15-7-4-11-2-5-14-6-3-11/h2-3,5-6,8-9H,4,7H2,1H3,(H,15,16). The van der Waals surface area contributed by atoms with Crippen LogP contribution in [0, 0.1) is 17.0 Å². The fourth-order valence-electron chi connectivity index (χ4n) is 1.72. The summed E-state index contributed by atoms with van der Waals surface area (Å²) >= 11 is 0. The summed E-state index contributed by atoms with van der Waals surface area (Å²) in [6, 6.07) is 5.59. The van der Waals surface area contributed by atoms with Crippen molar-refractivity contribution in [3.63, 3.8) is 0 Å². The highest BCUT2D eigenvalue weighted by molar-refractivity contribution is 5.46. The van der Waals surface area contributed by atoms with Gasteiger partial charge in [0.1, 0.15) is 12.0 Å². The maximum absolute atomic E-state index is 10.7. The Morgan fingerprint density at radius 1 is 1.37 bits per heavy atom. The minimum atomic E-state index is -0.427. The summed E-state index contributed by atoms with van der Waals surface area (Å²) in [5, 5.41) is 13.8. The van der Waals surface area contributed by atoms with E-state index in [9.17, 15) is 10.1 Å². The molecule has 6 heteroatoms. The van der Waals surface area contributed by atoms with E-state index in [0.717, 1.165) is 6.42 Å². The van der Waals surface area contributed by atoms with Crippen molar-refractivity contribution in [1.29, 1.82) is 0 Å². The van der Waals surface area contributed by atoms with E-state index in [4.69, 9.17) is 0 Å². The van der Waals surface area contributed by atoms with Crippen LogP contribution in [0.2, 0.25) is 0 Å². The van der Waals surface area contributed by atoms with Crippen LogP contribution in [0.5, 0.6) is 0 Å². The van der Waals surface area contributed by atoms with Crippen LogP contribution < -0.4 is 5.32 Å². The topological polar surface area (TPSA) is 81.0 Å². The van der Waals surface area contributed by atoms with Crippen LogP contribution in [0.25, 0.3) is 0 Å². The molecule has 2 aromatic heterocycles. The molecule has 0 radical (unpaired) electrons. The van der Waals surface area contributed by atoms with E-state index in [1.807, 2.05) is 12.1 Å². The second-order valence-corrected chi connectivity index (χ2v) is 4.15. The Labute approximate surface area is 110 Å². The van der Waals surface area contributed by atoms with Gasteiger partial charge in [-0.3, -0.25) is 15.1 Å². The number of anilines is 1. The molecule has 0 fully saturated rings. The lowest BCUT2D eigenvalue weighted by molar-refractivity contribution is -0.385. The normalized spacial score (nSPS) is 10.2. The molecule has 0 aliphatic heterocycles. The van der Waals surface area contributed by atoms with Crippen LogP contribution in [0.4, 0.5) is 11.5 Å². The number of nitrogens with zero attached hydrogens (tertiary/aromatic N) is 3. The third-order valence-electron chi connectivity index (χ3n) is 2.75. The van der Waals surface area contributed by atoms with Gasteiger partial charge in [-0.2, -0.15) is 0 Å². The van der Waals surface area contributed by atoms with Crippen LogP contribution in [0.15, 0.2) is 36.8 Å². The molecule has 6 nitrogen and oxygen atoms in total. The zero-order valence-corrected chi connectivity index (χ0v) is 10.5. The van der Waals surface area contributed by atoms with Gasteiger partial charge in [0.15, 0.2) is 0 Å². The number of rotatable bonds is 5. The van der Waals surface area contributed by atoms with E-state index in [2.05, 4.69) is 15.3 Å². The Bertz CT molecular complexity index is 572. The lowest BCUT2D eigenvalue weighted by Gasteiger charge is -2.06. The summed E-state index contributed by atoms with van der Waals surface area (Å²) in [5.41, 5.74) is 1.83. The molecule has 0 saturated heterocycles. The fraction of sp³-hybridized carbons (Fsp3) is 0.231. The first kappa shape index (κ1) is 12.9. The van der Waals surface area contributed by atoms with Gasteiger partial charge in [0.25, 0.3) is 5.69 Å². The zero-order chi connectivity index (χ0) is 13.7. The molecule has 0 saturated carbocycles. The Morgan fingerprint density at radius 2 is 2.11 bits per heavy atom. The van der Waals surface area contributed by atoms with Crippen molar-refractivity contribution < 1.29 is 4.92 Å². The van der Waals surface area contributed by atoms with E-state index >= 15 is 0 Å². The predicted octanol–water partition coefficient (Wildman–Crippen LogP) is 2.35. The van der Waals surface area contributed by atoms with Crippen LogP contribution in [-0.4, -0.2) is 21.4 Å². The van der Waals surface area contributed by atoms with E-state index in [-0.39, 0.29) is 5.69 Å². The minimum Gasteiger partial charge on any atom is -0.370 e. The lowest BCUT2D eigenvalue weighted by atomic mass is 10.2. The molecule has 0 unspecified atom stereocenters. The Morgan fingerprint density at radius 3 is 2.74 bits per heavy atom. The highest BCUT2D eigenvalue weighted by Gasteiger charge is 2.10. The smallest absolute Gasteiger partial charge is 0.290 e. The monoisotopic (exact) mass is 258 g/mol. The predicted molar refractivity (Wildman–Crippen MR) is 72.1 cm³/mol. The first-order valence-electron chi connectivity index (χ1n) is 5.90. The molecule has 0 amide bonds. The zero-order valence-electron chi connectivity index (χ0n) is 10.5. The van der Waals surface area contributed by atoms with E-state index in [1.165, 1.54) is 11.8 Å². The van der Waals surface area contributed by atoms with Crippen molar-refractivity contribution in [1.82, 2.24) is 9.97 Å². The minimum absolute atomic E-state index is 0.0414. The number of nitro groups is 1. The molecule has 98 valence electrons. The lowest BCUT2D eigenvalue weighted by Crippen LogP contribution is -2.07. The molecule has 2 aromatic rings. The third kappa shape index (κ3) is 3.48. The second-order valence-electron chi connectivity index (χ2n) is 4.15. The van der Waals surface area contributed by atoms with E-state index in [0.29, 0.717) is 17.9 Å². The molecule has 19 heavy (non-hydrogen) atoms. The van der Waals surface area contributed by atoms with Crippen molar-refractivity contribution in [2.45, 2.75) is 13.3 Å². The maximum Gasteiger partial charge on any atom is 0.290 e. The summed E-state index contributed by atoms with van der Waals surface area (Å²) in [6.45, 7) is 2.42. The summed E-state index contributed by atoms with van der Waals surface area (Å²) in [5.74, 6) is 0.650. The number of pyridine rings is 2. The highest BCUT2D eigenvalue weighted by Crippen LogP contribution is 2.18. The largest absolute Gasteiger partial charge is 0.370 e. The van der Waals surface area contributed by atoms with Crippen molar-refractivity contribution in [3.05, 3.63) is 58.0 Å². The molecule has 0 aromatic carbocycles. The number of hydrogen-bond acceptors (Lipinski definition) is 5. The summed E-state index contributed by atoms with van der Waals surface area (Å²) < 4.78 is 0. The van der Waals surface area contributed by atoms with Gasteiger partial charge in [0, 0.05) is 24.5 Å². The van der Waals surface area contributed by atoms with Gasteiger partial charge in [-0.15, -0.1) is 0 Å². The van der Waals surface area contributed by atoms with Crippen LogP contribution in [-0.2, 0) is 6.42 Å². The number of hydrogen-bond donors (Lipinski definition) is 1. The molecule has 0 bridgehead atoms. The van der Waals surface area contributed by atoms with E-state index in [1.54, 1.807) is 25.4 Å². The summed E-state index contributed by atoms with van der Waals surface area (Å²) in [4.78, 5) is 18.2. The Hall–Kier alpha value is -2.50. The molecule has 0 atom stereocenters. The number of aromatic nitrogens is 2.